The lowest BCUT2D eigenvalue weighted by molar-refractivity contribution is -0.121. The van der Waals surface area contributed by atoms with Crippen LogP contribution in [0.5, 0.6) is 0 Å². The van der Waals surface area contributed by atoms with E-state index in [2.05, 4.69) is 5.32 Å². The van der Waals surface area contributed by atoms with Crippen LogP contribution in [0.25, 0.3) is 0 Å². The van der Waals surface area contributed by atoms with Crippen LogP contribution in [-0.2, 0) is 21.2 Å². The van der Waals surface area contributed by atoms with Crippen molar-refractivity contribution in [1.29, 1.82) is 0 Å². The molecular weight excluding hydrogens is 379 g/mol. The average molecular weight is 407 g/mol. The van der Waals surface area contributed by atoms with Crippen molar-refractivity contribution in [3.63, 3.8) is 0 Å². The average Bonchev–Trinajstić information content (AvgIpc) is 2.62. The first-order valence-corrected chi connectivity index (χ1v) is 11.0. The third kappa shape index (κ3) is 5.79. The van der Waals surface area contributed by atoms with E-state index >= 15 is 0 Å². The molecule has 0 spiro atoms. The van der Waals surface area contributed by atoms with Gasteiger partial charge in [0, 0.05) is 6.54 Å². The van der Waals surface area contributed by atoms with Gasteiger partial charge in [-0.1, -0.05) is 24.3 Å². The normalized spacial score (nSPS) is 12.5. The van der Waals surface area contributed by atoms with Gasteiger partial charge in [-0.15, -0.1) is 0 Å². The van der Waals surface area contributed by atoms with Crippen LogP contribution in [0.4, 0.5) is 10.1 Å². The fourth-order valence-electron chi connectivity index (χ4n) is 3.04. The summed E-state index contributed by atoms with van der Waals surface area (Å²) in [5.41, 5.74) is 3.20. The Morgan fingerprint density at radius 3 is 2.39 bits per heavy atom. The van der Waals surface area contributed by atoms with E-state index < -0.39 is 16.1 Å². The molecule has 0 saturated carbocycles. The zero-order chi connectivity index (χ0) is 20.9. The lowest BCUT2D eigenvalue weighted by Crippen LogP contribution is -2.48. The summed E-state index contributed by atoms with van der Waals surface area (Å²) in [6, 6.07) is 10.9. The van der Waals surface area contributed by atoms with Crippen molar-refractivity contribution in [2.24, 2.45) is 0 Å². The van der Waals surface area contributed by atoms with Crippen molar-refractivity contribution in [1.82, 2.24) is 5.32 Å². The first-order valence-electron chi connectivity index (χ1n) is 9.18. The summed E-state index contributed by atoms with van der Waals surface area (Å²) in [5.74, 6) is -0.636. The summed E-state index contributed by atoms with van der Waals surface area (Å²) in [6.45, 7) is 5.69. The van der Waals surface area contributed by atoms with Crippen LogP contribution in [-0.4, -0.2) is 33.2 Å². The summed E-state index contributed by atoms with van der Waals surface area (Å²) >= 11 is 0. The molecule has 1 atom stereocenters. The van der Waals surface area contributed by atoms with Gasteiger partial charge in [0.25, 0.3) is 0 Å². The van der Waals surface area contributed by atoms with Gasteiger partial charge in [-0.3, -0.25) is 9.10 Å². The molecule has 0 fully saturated rings. The van der Waals surface area contributed by atoms with Crippen LogP contribution < -0.4 is 9.62 Å². The second kappa shape index (κ2) is 9.19. The summed E-state index contributed by atoms with van der Waals surface area (Å²) in [4.78, 5) is 12.6. The maximum Gasteiger partial charge on any atom is 0.243 e. The molecule has 0 bridgehead atoms. The number of hydrogen-bond donors (Lipinski definition) is 1. The zero-order valence-electron chi connectivity index (χ0n) is 16.7. The highest BCUT2D eigenvalue weighted by atomic mass is 32.2. The third-order valence-electron chi connectivity index (χ3n) is 4.55. The van der Waals surface area contributed by atoms with Crippen molar-refractivity contribution in [2.45, 2.75) is 39.7 Å². The van der Waals surface area contributed by atoms with E-state index in [1.165, 1.54) is 16.4 Å². The molecule has 2 rings (SSSR count). The topological polar surface area (TPSA) is 66.5 Å². The molecule has 0 radical (unpaired) electrons. The van der Waals surface area contributed by atoms with Gasteiger partial charge < -0.3 is 5.32 Å². The molecule has 0 saturated heterocycles. The second-order valence-electron chi connectivity index (χ2n) is 7.05. The number of nitrogens with zero attached hydrogens (tertiary/aromatic N) is 1. The Balaban J connectivity index is 2.03. The van der Waals surface area contributed by atoms with Gasteiger partial charge in [0.1, 0.15) is 11.9 Å². The predicted molar refractivity (Wildman–Crippen MR) is 110 cm³/mol. The number of rotatable bonds is 8. The zero-order valence-corrected chi connectivity index (χ0v) is 17.5. The maximum absolute atomic E-state index is 12.9. The number of carbonyl (C=O) groups is 1. The van der Waals surface area contributed by atoms with E-state index in [0.29, 0.717) is 25.1 Å². The number of hydrogen-bond acceptors (Lipinski definition) is 3. The van der Waals surface area contributed by atoms with Crippen molar-refractivity contribution in [3.05, 3.63) is 65.0 Å². The molecule has 0 heterocycles. The SMILES string of the molecule is Cc1ccc(C)c(N(C(C)C(=O)NCCCc2ccc(F)cc2)S(C)(=O)=O)c1. The number of nitrogens with one attached hydrogen (secondary N) is 1. The number of amides is 1. The minimum atomic E-state index is -3.64. The van der Waals surface area contributed by atoms with E-state index in [9.17, 15) is 17.6 Å². The Kier molecular flexibility index (Phi) is 7.18. The highest BCUT2D eigenvalue weighted by Crippen LogP contribution is 2.26. The molecule has 28 heavy (non-hydrogen) atoms. The summed E-state index contributed by atoms with van der Waals surface area (Å²) in [6.07, 6.45) is 2.47. The van der Waals surface area contributed by atoms with E-state index in [0.717, 1.165) is 22.9 Å². The highest BCUT2D eigenvalue weighted by Gasteiger charge is 2.29. The molecule has 1 amide bonds. The van der Waals surface area contributed by atoms with Crippen LogP contribution in [0.2, 0.25) is 0 Å². The molecule has 1 unspecified atom stereocenters. The predicted octanol–water partition coefficient (Wildman–Crippen LogP) is 3.35. The number of benzene rings is 2. The van der Waals surface area contributed by atoms with E-state index in [-0.39, 0.29) is 11.7 Å². The quantitative estimate of drug-likeness (QED) is 0.684. The largest absolute Gasteiger partial charge is 0.354 e. The molecule has 0 aliphatic heterocycles. The number of carbonyl (C=O) groups excluding carboxylic acids is 1. The Morgan fingerprint density at radius 2 is 1.79 bits per heavy atom. The van der Waals surface area contributed by atoms with Crippen molar-refractivity contribution < 1.29 is 17.6 Å². The van der Waals surface area contributed by atoms with Crippen LogP contribution in [0.3, 0.4) is 0 Å². The van der Waals surface area contributed by atoms with Gasteiger partial charge in [0.2, 0.25) is 15.9 Å². The molecule has 1 N–H and O–H groups in total. The molecule has 0 aliphatic carbocycles. The summed E-state index contributed by atoms with van der Waals surface area (Å²) in [7, 11) is -3.64. The monoisotopic (exact) mass is 406 g/mol. The molecule has 7 heteroatoms. The van der Waals surface area contributed by atoms with Crippen LogP contribution in [0.1, 0.15) is 30.0 Å². The van der Waals surface area contributed by atoms with Gasteiger partial charge in [0.05, 0.1) is 11.9 Å². The lowest BCUT2D eigenvalue weighted by Gasteiger charge is -2.29. The molecule has 0 aromatic heterocycles. The fourth-order valence-corrected chi connectivity index (χ4v) is 4.26. The van der Waals surface area contributed by atoms with Gasteiger partial charge >= 0.3 is 0 Å². The first-order chi connectivity index (χ1) is 13.1. The highest BCUT2D eigenvalue weighted by molar-refractivity contribution is 7.92. The molecule has 2 aromatic rings. The number of sulfonamides is 1. The van der Waals surface area contributed by atoms with E-state index in [1.807, 2.05) is 26.0 Å². The van der Waals surface area contributed by atoms with Gasteiger partial charge in [0.15, 0.2) is 0 Å². The Labute approximate surface area is 166 Å². The van der Waals surface area contributed by atoms with Crippen LogP contribution >= 0.6 is 0 Å². The first kappa shape index (κ1) is 21.9. The molecule has 2 aromatic carbocycles. The molecule has 0 aliphatic rings. The number of anilines is 1. The standard InChI is InChI=1S/C21H27FN2O3S/c1-15-7-8-16(2)20(14-15)24(28(4,26)27)17(3)21(25)23-13-5-6-18-9-11-19(22)12-10-18/h7-12,14,17H,5-6,13H2,1-4H3,(H,23,25). The summed E-state index contributed by atoms with van der Waals surface area (Å²) < 4.78 is 38.9. The second-order valence-corrected chi connectivity index (χ2v) is 8.91. The van der Waals surface area contributed by atoms with Crippen LogP contribution in [0, 0.1) is 19.7 Å². The Morgan fingerprint density at radius 1 is 1.14 bits per heavy atom. The number of aryl methyl sites for hydroxylation is 3. The minimum absolute atomic E-state index is 0.279. The molecular formula is C21H27FN2O3S. The Bertz CT molecular complexity index is 927. The third-order valence-corrected chi connectivity index (χ3v) is 5.77. The van der Waals surface area contributed by atoms with Crippen molar-refractivity contribution in [3.8, 4) is 0 Å². The minimum Gasteiger partial charge on any atom is -0.354 e. The van der Waals surface area contributed by atoms with Crippen LogP contribution in [0.15, 0.2) is 42.5 Å². The molecule has 5 nitrogen and oxygen atoms in total. The van der Waals surface area contributed by atoms with E-state index in [4.69, 9.17) is 0 Å². The van der Waals surface area contributed by atoms with E-state index in [1.54, 1.807) is 25.1 Å². The number of halogens is 1. The lowest BCUT2D eigenvalue weighted by atomic mass is 10.1. The maximum atomic E-state index is 12.9. The Hall–Kier alpha value is -2.41. The smallest absolute Gasteiger partial charge is 0.243 e. The van der Waals surface area contributed by atoms with Gasteiger partial charge in [-0.25, -0.2) is 12.8 Å². The fraction of sp³-hybridized carbons (Fsp3) is 0.381. The van der Waals surface area contributed by atoms with Gasteiger partial charge in [-0.05, 0) is 68.5 Å². The van der Waals surface area contributed by atoms with Crippen molar-refractivity contribution >= 4 is 21.6 Å². The van der Waals surface area contributed by atoms with Gasteiger partial charge in [-0.2, -0.15) is 0 Å². The molecule has 152 valence electrons. The van der Waals surface area contributed by atoms with Crippen molar-refractivity contribution in [2.75, 3.05) is 17.1 Å². The summed E-state index contributed by atoms with van der Waals surface area (Å²) in [5, 5.41) is 2.80.